The second-order valence-electron chi connectivity index (χ2n) is 8.94. The smallest absolute Gasteiger partial charge is 0.350 e. The predicted molar refractivity (Wildman–Crippen MR) is 90.2 cm³/mol. The summed E-state index contributed by atoms with van der Waals surface area (Å²) >= 11 is 0. The van der Waals surface area contributed by atoms with Gasteiger partial charge in [0.05, 0.1) is 12.5 Å². The lowest BCUT2D eigenvalue weighted by Gasteiger charge is -2.57. The molecule has 4 fully saturated rings. The molecule has 1 N–H and O–H groups in total. The number of hydrogen-bond acceptors (Lipinski definition) is 2. The van der Waals surface area contributed by atoms with Gasteiger partial charge in [-0.25, -0.2) is 0 Å². The first-order valence-corrected chi connectivity index (χ1v) is 9.57. The number of hydrogen-bond donors (Lipinski definition) is 1. The monoisotopic (exact) mass is 369 g/mol. The zero-order valence-electron chi connectivity index (χ0n) is 15.3. The van der Waals surface area contributed by atoms with E-state index in [1.165, 1.54) is 23.9 Å². The van der Waals surface area contributed by atoms with Crippen LogP contribution in [-0.4, -0.2) is 21.2 Å². The Hall–Kier alpha value is -1.53. The average Bonchev–Trinajstić information content (AvgIpc) is 2.86. The van der Waals surface area contributed by atoms with Crippen LogP contribution in [0.2, 0.25) is 0 Å². The van der Waals surface area contributed by atoms with Crippen molar-refractivity contribution in [1.29, 1.82) is 0 Å². The molecule has 26 heavy (non-hydrogen) atoms. The number of nitrogens with zero attached hydrogens (tertiary/aromatic N) is 2. The molecule has 1 unspecified atom stereocenters. The third-order valence-corrected chi connectivity index (χ3v) is 6.59. The van der Waals surface area contributed by atoms with Gasteiger partial charge in [0.15, 0.2) is 5.69 Å². The highest BCUT2D eigenvalue weighted by atomic mass is 19.4. The number of aryl methyl sites for hydroxylation is 1. The third-order valence-electron chi connectivity index (χ3n) is 6.59. The van der Waals surface area contributed by atoms with E-state index >= 15 is 0 Å². The number of carbonyl (C=O) groups excluding carboxylic acids is 1. The van der Waals surface area contributed by atoms with Crippen LogP contribution in [0.5, 0.6) is 0 Å². The number of aromatic nitrogens is 2. The molecule has 4 nitrogen and oxygen atoms in total. The van der Waals surface area contributed by atoms with E-state index in [0.717, 1.165) is 43.1 Å². The summed E-state index contributed by atoms with van der Waals surface area (Å²) in [7, 11) is 0. The second kappa shape index (κ2) is 5.99. The summed E-state index contributed by atoms with van der Waals surface area (Å²) in [5.41, 5.74) is -0.549. The SMILES string of the molecule is Cc1cc(C(F)(F)F)nn1CC(C)C(=O)NC12CC3CC(CC(C3)C1)C2. The molecule has 4 aliphatic carbocycles. The quantitative estimate of drug-likeness (QED) is 0.874. The lowest BCUT2D eigenvalue weighted by molar-refractivity contribution is -0.141. The van der Waals surface area contributed by atoms with Crippen LogP contribution in [0.25, 0.3) is 0 Å². The Kier molecular flexibility index (Phi) is 4.12. The van der Waals surface area contributed by atoms with E-state index in [4.69, 9.17) is 0 Å². The zero-order chi connectivity index (χ0) is 18.7. The first-order chi connectivity index (χ1) is 12.1. The molecule has 7 heteroatoms. The maximum Gasteiger partial charge on any atom is 0.435 e. The Balaban J connectivity index is 1.42. The van der Waals surface area contributed by atoms with Crippen LogP contribution in [0.1, 0.15) is 56.8 Å². The third kappa shape index (κ3) is 3.25. The fourth-order valence-electron chi connectivity index (χ4n) is 5.82. The summed E-state index contributed by atoms with van der Waals surface area (Å²) in [5, 5.41) is 6.94. The number of rotatable bonds is 4. The van der Waals surface area contributed by atoms with Gasteiger partial charge in [-0.05, 0) is 69.3 Å². The summed E-state index contributed by atoms with van der Waals surface area (Å²) in [6.07, 6.45) is 2.65. The Morgan fingerprint density at radius 3 is 2.27 bits per heavy atom. The summed E-state index contributed by atoms with van der Waals surface area (Å²) in [5.74, 6) is 1.73. The molecule has 0 spiro atoms. The maximum absolute atomic E-state index is 12.8. The molecule has 4 aliphatic rings. The lowest BCUT2D eigenvalue weighted by atomic mass is 9.53. The number of nitrogens with one attached hydrogen (secondary N) is 1. The normalized spacial score (nSPS) is 34.1. The highest BCUT2D eigenvalue weighted by Crippen LogP contribution is 2.55. The van der Waals surface area contributed by atoms with Crippen molar-refractivity contribution in [2.45, 2.75) is 70.6 Å². The molecular formula is C19H26F3N3O. The maximum atomic E-state index is 12.8. The number of carbonyl (C=O) groups is 1. The molecule has 1 aromatic rings. The molecule has 144 valence electrons. The van der Waals surface area contributed by atoms with E-state index in [0.29, 0.717) is 5.69 Å². The Morgan fingerprint density at radius 1 is 1.27 bits per heavy atom. The minimum atomic E-state index is -4.46. The molecule has 0 saturated heterocycles. The summed E-state index contributed by atoms with van der Waals surface area (Å²) in [6.45, 7) is 3.52. The van der Waals surface area contributed by atoms with Gasteiger partial charge in [-0.1, -0.05) is 6.92 Å². The molecule has 0 radical (unpaired) electrons. The molecule has 1 aromatic heterocycles. The first kappa shape index (κ1) is 17.9. The van der Waals surface area contributed by atoms with E-state index in [2.05, 4.69) is 10.4 Å². The van der Waals surface area contributed by atoms with E-state index in [1.807, 2.05) is 0 Å². The van der Waals surface area contributed by atoms with Crippen LogP contribution in [0.15, 0.2) is 6.07 Å². The van der Waals surface area contributed by atoms with Crippen LogP contribution in [0.4, 0.5) is 13.2 Å². The van der Waals surface area contributed by atoms with Crippen molar-refractivity contribution in [3.63, 3.8) is 0 Å². The van der Waals surface area contributed by atoms with Gasteiger partial charge in [0.2, 0.25) is 5.91 Å². The van der Waals surface area contributed by atoms with Gasteiger partial charge in [0, 0.05) is 11.2 Å². The fourth-order valence-corrected chi connectivity index (χ4v) is 5.82. The molecule has 4 bridgehead atoms. The Labute approximate surface area is 151 Å². The zero-order valence-corrected chi connectivity index (χ0v) is 15.3. The van der Waals surface area contributed by atoms with Crippen molar-refractivity contribution < 1.29 is 18.0 Å². The van der Waals surface area contributed by atoms with E-state index in [1.54, 1.807) is 13.8 Å². The molecule has 1 heterocycles. The van der Waals surface area contributed by atoms with Crippen molar-refractivity contribution >= 4 is 5.91 Å². The lowest BCUT2D eigenvalue weighted by Crippen LogP contribution is -2.60. The Morgan fingerprint density at radius 2 is 1.81 bits per heavy atom. The van der Waals surface area contributed by atoms with E-state index < -0.39 is 17.8 Å². The van der Waals surface area contributed by atoms with Gasteiger partial charge in [-0.3, -0.25) is 9.48 Å². The van der Waals surface area contributed by atoms with Crippen LogP contribution in [-0.2, 0) is 17.5 Å². The van der Waals surface area contributed by atoms with Crippen LogP contribution < -0.4 is 5.32 Å². The van der Waals surface area contributed by atoms with Crippen molar-refractivity contribution in [2.75, 3.05) is 0 Å². The standard InChI is InChI=1S/C19H26F3N3O/c1-11(10-25-12(2)3-16(24-25)19(20,21)22)17(26)23-18-7-13-4-14(8-18)6-15(5-13)9-18/h3,11,13-15H,4-10H2,1-2H3,(H,23,26). The van der Waals surface area contributed by atoms with Crippen molar-refractivity contribution in [1.82, 2.24) is 15.1 Å². The van der Waals surface area contributed by atoms with Crippen molar-refractivity contribution in [3.8, 4) is 0 Å². The van der Waals surface area contributed by atoms with Gasteiger partial charge in [-0.15, -0.1) is 0 Å². The highest BCUT2D eigenvalue weighted by molar-refractivity contribution is 5.79. The minimum absolute atomic E-state index is 0.0598. The van der Waals surface area contributed by atoms with Gasteiger partial charge >= 0.3 is 6.18 Å². The van der Waals surface area contributed by atoms with Gasteiger partial charge in [-0.2, -0.15) is 18.3 Å². The van der Waals surface area contributed by atoms with E-state index in [9.17, 15) is 18.0 Å². The van der Waals surface area contributed by atoms with Gasteiger partial charge < -0.3 is 5.32 Å². The van der Waals surface area contributed by atoms with Gasteiger partial charge in [0.25, 0.3) is 0 Å². The number of halogens is 3. The van der Waals surface area contributed by atoms with Crippen LogP contribution >= 0.6 is 0 Å². The van der Waals surface area contributed by atoms with Crippen LogP contribution in [0, 0.1) is 30.6 Å². The topological polar surface area (TPSA) is 46.9 Å². The Bertz CT molecular complexity index is 674. The summed E-state index contributed by atoms with van der Waals surface area (Å²) < 4.78 is 39.7. The number of amides is 1. The van der Waals surface area contributed by atoms with Crippen molar-refractivity contribution in [2.24, 2.45) is 23.7 Å². The van der Waals surface area contributed by atoms with Crippen molar-refractivity contribution in [3.05, 3.63) is 17.5 Å². The highest BCUT2D eigenvalue weighted by Gasteiger charge is 2.51. The van der Waals surface area contributed by atoms with E-state index in [-0.39, 0.29) is 18.0 Å². The average molecular weight is 369 g/mol. The summed E-state index contributed by atoms with van der Waals surface area (Å²) in [6, 6.07) is 1.03. The molecule has 1 atom stereocenters. The number of alkyl halides is 3. The second-order valence-corrected chi connectivity index (χ2v) is 8.94. The molecule has 4 saturated carbocycles. The molecular weight excluding hydrogens is 343 g/mol. The molecule has 0 aliphatic heterocycles. The van der Waals surface area contributed by atoms with Crippen LogP contribution in [0.3, 0.4) is 0 Å². The molecule has 1 amide bonds. The largest absolute Gasteiger partial charge is 0.435 e. The summed E-state index contributed by atoms with van der Waals surface area (Å²) in [4.78, 5) is 12.8. The molecule has 5 rings (SSSR count). The fraction of sp³-hybridized carbons (Fsp3) is 0.789. The predicted octanol–water partition coefficient (Wildman–Crippen LogP) is 3.93. The van der Waals surface area contributed by atoms with Gasteiger partial charge in [0.1, 0.15) is 0 Å². The molecule has 0 aromatic carbocycles. The minimum Gasteiger partial charge on any atom is -0.350 e. The first-order valence-electron chi connectivity index (χ1n) is 9.57.